The molecule has 0 spiro atoms. The monoisotopic (exact) mass is 553 g/mol. The molecule has 2 aromatic rings. The summed E-state index contributed by atoms with van der Waals surface area (Å²) in [5.41, 5.74) is 1.38. The molecule has 2 amide bonds. The van der Waals surface area contributed by atoms with Gasteiger partial charge in [0.1, 0.15) is 11.8 Å². The van der Waals surface area contributed by atoms with E-state index in [0.29, 0.717) is 30.7 Å². The lowest BCUT2D eigenvalue weighted by atomic mass is 9.80. The highest BCUT2D eigenvalue weighted by Gasteiger charge is 2.41. The Hall–Kier alpha value is -2.82. The van der Waals surface area contributed by atoms with Crippen LogP contribution >= 0.6 is 11.3 Å². The number of aromatic nitrogens is 1. The van der Waals surface area contributed by atoms with Crippen molar-refractivity contribution in [3.63, 3.8) is 0 Å². The van der Waals surface area contributed by atoms with Gasteiger partial charge in [-0.1, -0.05) is 31.4 Å². The van der Waals surface area contributed by atoms with Gasteiger partial charge in [0, 0.05) is 48.7 Å². The number of benzene rings is 1. The molecular formula is C29H39N5O4S. The lowest BCUT2D eigenvalue weighted by molar-refractivity contribution is -0.130. The molecule has 39 heavy (non-hydrogen) atoms. The number of rotatable bonds is 8. The maximum absolute atomic E-state index is 13.2. The Balaban J connectivity index is 1.20. The Labute approximate surface area is 234 Å². The van der Waals surface area contributed by atoms with E-state index in [1.54, 1.807) is 30.4 Å². The van der Waals surface area contributed by atoms with Crippen molar-refractivity contribution < 1.29 is 19.1 Å². The van der Waals surface area contributed by atoms with Crippen molar-refractivity contribution in [2.45, 2.75) is 69.5 Å². The summed E-state index contributed by atoms with van der Waals surface area (Å²) in [7, 11) is 0. The molecule has 3 aliphatic rings. The molecule has 0 unspecified atom stereocenters. The molecule has 2 saturated heterocycles. The van der Waals surface area contributed by atoms with Gasteiger partial charge >= 0.3 is 0 Å². The van der Waals surface area contributed by atoms with Gasteiger partial charge in [0.2, 0.25) is 5.91 Å². The van der Waals surface area contributed by atoms with Crippen LogP contribution in [0, 0.1) is 0 Å². The van der Waals surface area contributed by atoms with E-state index in [-0.39, 0.29) is 11.8 Å². The van der Waals surface area contributed by atoms with Crippen molar-refractivity contribution in [3.8, 4) is 11.3 Å². The average molecular weight is 554 g/mol. The third-order valence-electron chi connectivity index (χ3n) is 8.29. The van der Waals surface area contributed by atoms with Gasteiger partial charge in [0.25, 0.3) is 5.91 Å². The maximum atomic E-state index is 13.2. The van der Waals surface area contributed by atoms with Crippen LogP contribution in [0.15, 0.2) is 29.6 Å². The van der Waals surface area contributed by atoms with Crippen LogP contribution in [-0.4, -0.2) is 85.0 Å². The summed E-state index contributed by atoms with van der Waals surface area (Å²) in [6.07, 6.45) is 6.88. The molecule has 1 saturated carbocycles. The number of nitrogens with one attached hydrogen (secondary N) is 2. The zero-order valence-electron chi connectivity index (χ0n) is 22.7. The first-order valence-electron chi connectivity index (χ1n) is 14.2. The van der Waals surface area contributed by atoms with Crippen LogP contribution in [0.3, 0.4) is 0 Å². The number of piperidine rings is 1. The maximum Gasteiger partial charge on any atom is 0.252 e. The van der Waals surface area contributed by atoms with E-state index < -0.39 is 11.6 Å². The van der Waals surface area contributed by atoms with Crippen molar-refractivity contribution in [2.75, 3.05) is 44.3 Å². The lowest BCUT2D eigenvalue weighted by Crippen LogP contribution is -2.61. The van der Waals surface area contributed by atoms with Crippen LogP contribution in [0.4, 0.5) is 5.13 Å². The number of thiazole rings is 1. The number of amides is 2. The second kappa shape index (κ2) is 12.6. The highest BCUT2D eigenvalue weighted by molar-refractivity contribution is 7.14. The van der Waals surface area contributed by atoms with Gasteiger partial charge in [-0.3, -0.25) is 14.5 Å². The molecule has 210 valence electrons. The molecule has 1 aromatic heterocycles. The van der Waals surface area contributed by atoms with Gasteiger partial charge < -0.3 is 25.1 Å². The number of hydrogen-bond acceptors (Lipinski definition) is 8. The number of morpholine rings is 1. The Morgan fingerprint density at radius 3 is 2.44 bits per heavy atom. The molecule has 0 radical (unpaired) electrons. The topological polar surface area (TPSA) is 104 Å². The summed E-state index contributed by atoms with van der Waals surface area (Å²) in [6, 6.07) is 7.46. The zero-order valence-corrected chi connectivity index (χ0v) is 23.5. The summed E-state index contributed by atoms with van der Waals surface area (Å²) in [4.78, 5) is 47.1. The molecule has 1 atom stereocenters. The van der Waals surface area contributed by atoms with E-state index in [4.69, 9.17) is 9.72 Å². The molecule has 2 aliphatic heterocycles. The molecule has 0 bridgehead atoms. The van der Waals surface area contributed by atoms with Crippen LogP contribution in [-0.2, 0) is 14.3 Å². The van der Waals surface area contributed by atoms with Crippen LogP contribution in [0.2, 0.25) is 0 Å². The fourth-order valence-corrected chi connectivity index (χ4v) is 6.82. The summed E-state index contributed by atoms with van der Waals surface area (Å²) in [5.74, 6) is -0.560. The Kier molecular flexibility index (Phi) is 8.94. The molecular weight excluding hydrogens is 514 g/mol. The molecule has 1 aromatic carbocycles. The van der Waals surface area contributed by atoms with Crippen molar-refractivity contribution in [2.24, 2.45) is 0 Å². The average Bonchev–Trinajstić information content (AvgIpc) is 3.48. The fourth-order valence-electron chi connectivity index (χ4n) is 5.93. The number of ether oxygens (including phenoxy) is 1. The van der Waals surface area contributed by atoms with Crippen molar-refractivity contribution in [1.29, 1.82) is 0 Å². The number of anilines is 1. The predicted octanol–water partition coefficient (Wildman–Crippen LogP) is 3.25. The number of nitrogens with zero attached hydrogens (tertiary/aromatic N) is 3. The van der Waals surface area contributed by atoms with Crippen LogP contribution in [0.25, 0.3) is 11.3 Å². The molecule has 3 heterocycles. The third-order valence-corrected chi connectivity index (χ3v) is 9.19. The standard InChI is InChI=1S/C29H39N5O4S/c1-21(19-35)30-27(37)29(11-3-2-4-12-29)32-26(36)23-7-5-22(6-8-23)25-20-39-28(31-25)34-13-9-24(10-14-34)33-15-17-38-18-16-33/h5-8,19-21,24H,2-4,9-18H2,1H3,(H,30,37)(H,32,36)/t21-/m0/s1. The largest absolute Gasteiger partial charge is 0.379 e. The van der Waals surface area contributed by atoms with Crippen LogP contribution in [0.1, 0.15) is 62.2 Å². The van der Waals surface area contributed by atoms with Gasteiger partial charge in [-0.05, 0) is 44.7 Å². The first-order chi connectivity index (χ1) is 19.0. The van der Waals surface area contributed by atoms with Crippen molar-refractivity contribution >= 4 is 34.6 Å². The van der Waals surface area contributed by atoms with E-state index in [1.165, 1.54) is 0 Å². The van der Waals surface area contributed by atoms with Gasteiger partial charge in [-0.25, -0.2) is 4.98 Å². The second-order valence-corrected chi connectivity index (χ2v) is 11.8. The predicted molar refractivity (Wildman–Crippen MR) is 152 cm³/mol. The number of hydrogen-bond donors (Lipinski definition) is 2. The quantitative estimate of drug-likeness (QED) is 0.484. The van der Waals surface area contributed by atoms with E-state index in [2.05, 4.69) is 25.8 Å². The minimum absolute atomic E-state index is 0.278. The molecule has 9 nitrogen and oxygen atoms in total. The minimum atomic E-state index is -0.982. The van der Waals surface area contributed by atoms with Gasteiger partial charge in [0.05, 0.1) is 24.9 Å². The van der Waals surface area contributed by atoms with E-state index in [9.17, 15) is 14.4 Å². The fraction of sp³-hybridized carbons (Fsp3) is 0.586. The van der Waals surface area contributed by atoms with E-state index >= 15 is 0 Å². The van der Waals surface area contributed by atoms with E-state index in [0.717, 1.165) is 87.9 Å². The number of aldehydes is 1. The van der Waals surface area contributed by atoms with Crippen molar-refractivity contribution in [1.82, 2.24) is 20.5 Å². The summed E-state index contributed by atoms with van der Waals surface area (Å²) >= 11 is 1.66. The zero-order chi connectivity index (χ0) is 27.2. The molecule has 1 aliphatic carbocycles. The first kappa shape index (κ1) is 27.7. The normalized spacial score (nSPS) is 21.2. The van der Waals surface area contributed by atoms with Gasteiger partial charge in [-0.15, -0.1) is 11.3 Å². The highest BCUT2D eigenvalue weighted by atomic mass is 32.1. The first-order valence-corrected chi connectivity index (χ1v) is 15.1. The molecule has 5 rings (SSSR count). The van der Waals surface area contributed by atoms with Crippen molar-refractivity contribution in [3.05, 3.63) is 35.2 Å². The summed E-state index contributed by atoms with van der Waals surface area (Å²) in [5, 5.41) is 8.87. The number of carbonyl (C=O) groups excluding carboxylic acids is 3. The second-order valence-electron chi connectivity index (χ2n) is 11.0. The van der Waals surface area contributed by atoms with Crippen LogP contribution < -0.4 is 15.5 Å². The number of carbonyl (C=O) groups is 3. The van der Waals surface area contributed by atoms with Gasteiger partial charge in [-0.2, -0.15) is 0 Å². The Morgan fingerprint density at radius 1 is 1.08 bits per heavy atom. The van der Waals surface area contributed by atoms with Crippen LogP contribution in [0.5, 0.6) is 0 Å². The summed E-state index contributed by atoms with van der Waals surface area (Å²) < 4.78 is 5.50. The summed E-state index contributed by atoms with van der Waals surface area (Å²) in [6.45, 7) is 7.41. The SMILES string of the molecule is C[C@@H](C=O)NC(=O)C1(NC(=O)c2ccc(-c3csc(N4CCC(N5CCOCC5)CC4)n3)cc2)CCCCC1. The third kappa shape index (κ3) is 6.50. The lowest BCUT2D eigenvalue weighted by Gasteiger charge is -2.40. The highest BCUT2D eigenvalue weighted by Crippen LogP contribution is 2.31. The Morgan fingerprint density at radius 2 is 1.77 bits per heavy atom. The molecule has 3 fully saturated rings. The molecule has 10 heteroatoms. The molecule has 2 N–H and O–H groups in total. The van der Waals surface area contributed by atoms with E-state index in [1.807, 2.05) is 12.1 Å². The minimum Gasteiger partial charge on any atom is -0.379 e. The van der Waals surface area contributed by atoms with Gasteiger partial charge in [0.15, 0.2) is 5.13 Å². The Bertz CT molecular complexity index is 1130. The smallest absolute Gasteiger partial charge is 0.252 e.